The first kappa shape index (κ1) is 12.9. The molecule has 2 rings (SSSR count). The minimum atomic E-state index is -0.314. The van der Waals surface area contributed by atoms with Gasteiger partial charge in [-0.1, -0.05) is 0 Å². The quantitative estimate of drug-likeness (QED) is 0.593. The first-order valence-electron chi connectivity index (χ1n) is 4.96. The van der Waals surface area contributed by atoms with Crippen LogP contribution in [0.4, 0.5) is 10.9 Å². The van der Waals surface area contributed by atoms with Crippen LogP contribution < -0.4 is 16.6 Å². The van der Waals surface area contributed by atoms with Gasteiger partial charge in [-0.3, -0.25) is 10.1 Å². The lowest BCUT2D eigenvalue weighted by Gasteiger charge is -2.07. The second-order valence-corrected chi connectivity index (χ2v) is 5.22. The highest BCUT2D eigenvalue weighted by atomic mass is 79.9. The average molecular weight is 328 g/mol. The summed E-state index contributed by atoms with van der Waals surface area (Å²) >= 11 is 4.62. The maximum Gasteiger partial charge on any atom is 0.261 e. The third kappa shape index (κ3) is 2.84. The number of carbonyl (C=O) groups excluding carboxylic acids is 1. The zero-order valence-corrected chi connectivity index (χ0v) is 11.8. The molecule has 0 aliphatic heterocycles. The van der Waals surface area contributed by atoms with Crippen molar-refractivity contribution in [3.05, 3.63) is 33.4 Å². The van der Waals surface area contributed by atoms with Gasteiger partial charge >= 0.3 is 0 Å². The summed E-state index contributed by atoms with van der Waals surface area (Å²) in [5.74, 6) is 5.31. The summed E-state index contributed by atoms with van der Waals surface area (Å²) in [4.78, 5) is 20.2. The number of amides is 1. The van der Waals surface area contributed by atoms with Gasteiger partial charge in [-0.25, -0.2) is 15.8 Å². The van der Waals surface area contributed by atoms with E-state index < -0.39 is 0 Å². The van der Waals surface area contributed by atoms with Crippen molar-refractivity contribution >= 4 is 44.1 Å². The van der Waals surface area contributed by atoms with E-state index in [1.165, 1.54) is 11.3 Å². The molecule has 2 heterocycles. The van der Waals surface area contributed by atoms with Crippen LogP contribution in [0.5, 0.6) is 0 Å². The fourth-order valence-corrected chi connectivity index (χ4v) is 2.32. The van der Waals surface area contributed by atoms with Crippen LogP contribution in [0.15, 0.2) is 22.1 Å². The molecule has 0 aliphatic carbocycles. The largest absolute Gasteiger partial charge is 0.308 e. The smallest absolute Gasteiger partial charge is 0.261 e. The molecule has 2 aromatic rings. The summed E-state index contributed by atoms with van der Waals surface area (Å²) in [7, 11) is 0. The van der Waals surface area contributed by atoms with Crippen LogP contribution in [-0.4, -0.2) is 15.9 Å². The highest BCUT2D eigenvalue weighted by Crippen LogP contribution is 2.20. The number of nitrogens with zero attached hydrogens (tertiary/aromatic N) is 2. The van der Waals surface area contributed by atoms with E-state index in [1.807, 2.05) is 12.3 Å². The lowest BCUT2D eigenvalue weighted by Crippen LogP contribution is -2.18. The summed E-state index contributed by atoms with van der Waals surface area (Å²) < 4.78 is 0.696. The number of hydrogen-bond donors (Lipinski definition) is 3. The molecule has 0 radical (unpaired) electrons. The molecule has 4 N–H and O–H groups in total. The van der Waals surface area contributed by atoms with E-state index in [-0.39, 0.29) is 5.91 Å². The third-order valence-electron chi connectivity index (χ3n) is 2.08. The summed E-state index contributed by atoms with van der Waals surface area (Å²) in [6.07, 6.45) is 1.56. The van der Waals surface area contributed by atoms with Gasteiger partial charge in [0.1, 0.15) is 0 Å². The first-order valence-corrected chi connectivity index (χ1v) is 6.63. The van der Waals surface area contributed by atoms with Crippen molar-refractivity contribution in [3.8, 4) is 0 Å². The van der Waals surface area contributed by atoms with E-state index in [0.29, 0.717) is 21.0 Å². The highest BCUT2D eigenvalue weighted by Gasteiger charge is 2.14. The second-order valence-electron chi connectivity index (χ2n) is 3.44. The summed E-state index contributed by atoms with van der Waals surface area (Å²) in [6, 6.07) is 1.64. The maximum absolute atomic E-state index is 12.1. The van der Waals surface area contributed by atoms with Crippen molar-refractivity contribution in [1.82, 2.24) is 9.97 Å². The van der Waals surface area contributed by atoms with Crippen LogP contribution in [0.25, 0.3) is 0 Å². The van der Waals surface area contributed by atoms with E-state index >= 15 is 0 Å². The monoisotopic (exact) mass is 327 g/mol. The van der Waals surface area contributed by atoms with Gasteiger partial charge in [0, 0.05) is 16.0 Å². The molecule has 2 aromatic heterocycles. The molecule has 0 saturated carbocycles. The lowest BCUT2D eigenvalue weighted by atomic mass is 10.2. The molecule has 0 aromatic carbocycles. The predicted octanol–water partition coefficient (Wildman–Crippen LogP) is 2.15. The predicted molar refractivity (Wildman–Crippen MR) is 74.6 cm³/mol. The number of nitrogens with two attached hydrogens (primary N) is 1. The van der Waals surface area contributed by atoms with Crippen molar-refractivity contribution < 1.29 is 4.79 Å². The standard InChI is InChI=1S/C10H10BrN5OS/c1-5-4-18-10(14-5)15-9(17)7-2-6(11)3-13-8(7)16-12/h2-4H,12H2,1H3,(H,13,16)(H,14,15,17). The molecule has 0 spiro atoms. The second kappa shape index (κ2) is 5.42. The molecule has 94 valence electrons. The lowest BCUT2D eigenvalue weighted by molar-refractivity contribution is 0.102. The summed E-state index contributed by atoms with van der Waals surface area (Å²) in [6.45, 7) is 1.86. The van der Waals surface area contributed by atoms with Gasteiger partial charge < -0.3 is 5.43 Å². The summed E-state index contributed by atoms with van der Waals surface area (Å²) in [5, 5.41) is 5.09. The van der Waals surface area contributed by atoms with Crippen LogP contribution >= 0.6 is 27.3 Å². The van der Waals surface area contributed by atoms with Crippen LogP contribution in [0.3, 0.4) is 0 Å². The van der Waals surface area contributed by atoms with Gasteiger partial charge in [0.25, 0.3) is 5.91 Å². The van der Waals surface area contributed by atoms with Crippen molar-refractivity contribution in [1.29, 1.82) is 0 Å². The van der Waals surface area contributed by atoms with Crippen LogP contribution in [0, 0.1) is 6.92 Å². The molecular weight excluding hydrogens is 318 g/mol. The number of rotatable bonds is 3. The molecule has 0 unspecified atom stereocenters. The fraction of sp³-hybridized carbons (Fsp3) is 0.100. The molecule has 0 saturated heterocycles. The number of hydrazine groups is 1. The molecule has 18 heavy (non-hydrogen) atoms. The third-order valence-corrected chi connectivity index (χ3v) is 3.38. The maximum atomic E-state index is 12.1. The molecule has 0 fully saturated rings. The average Bonchev–Trinajstić information content (AvgIpc) is 2.74. The zero-order valence-electron chi connectivity index (χ0n) is 9.40. The van der Waals surface area contributed by atoms with Gasteiger partial charge in [-0.15, -0.1) is 11.3 Å². The Morgan fingerprint density at radius 3 is 2.94 bits per heavy atom. The van der Waals surface area contributed by atoms with Gasteiger partial charge in [0.15, 0.2) is 10.9 Å². The van der Waals surface area contributed by atoms with Crippen LogP contribution in [-0.2, 0) is 0 Å². The number of nitrogens with one attached hydrogen (secondary N) is 2. The van der Waals surface area contributed by atoms with Gasteiger partial charge in [-0.05, 0) is 28.9 Å². The van der Waals surface area contributed by atoms with E-state index in [1.54, 1.807) is 12.3 Å². The van der Waals surface area contributed by atoms with E-state index in [2.05, 4.69) is 36.6 Å². The minimum Gasteiger partial charge on any atom is -0.308 e. The summed E-state index contributed by atoms with van der Waals surface area (Å²) in [5.41, 5.74) is 3.59. The molecule has 6 nitrogen and oxygen atoms in total. The molecule has 1 amide bonds. The topological polar surface area (TPSA) is 92.9 Å². The number of hydrogen-bond acceptors (Lipinski definition) is 6. The Hall–Kier alpha value is -1.51. The Bertz CT molecular complexity index is 585. The molecule has 0 atom stereocenters. The zero-order chi connectivity index (χ0) is 13.1. The number of carbonyl (C=O) groups is 1. The molecular formula is C10H10BrN5OS. The Balaban J connectivity index is 2.25. The molecule has 0 aliphatic rings. The van der Waals surface area contributed by atoms with E-state index in [0.717, 1.165) is 5.69 Å². The Morgan fingerprint density at radius 1 is 1.56 bits per heavy atom. The van der Waals surface area contributed by atoms with Gasteiger partial charge in [-0.2, -0.15) is 0 Å². The minimum absolute atomic E-state index is 0.309. The molecule has 0 bridgehead atoms. The van der Waals surface area contributed by atoms with Gasteiger partial charge in [0.05, 0.1) is 11.3 Å². The first-order chi connectivity index (χ1) is 8.60. The Kier molecular flexibility index (Phi) is 3.90. The Labute approximate surface area is 116 Å². The number of thiazole rings is 1. The number of anilines is 2. The van der Waals surface area contributed by atoms with Crippen molar-refractivity contribution in [2.45, 2.75) is 6.92 Å². The SMILES string of the molecule is Cc1csc(NC(=O)c2cc(Br)cnc2NN)n1. The normalized spacial score (nSPS) is 10.2. The number of aryl methyl sites for hydroxylation is 1. The number of pyridine rings is 1. The molecule has 8 heteroatoms. The van der Waals surface area contributed by atoms with Crippen LogP contribution in [0.2, 0.25) is 0 Å². The van der Waals surface area contributed by atoms with E-state index in [4.69, 9.17) is 5.84 Å². The highest BCUT2D eigenvalue weighted by molar-refractivity contribution is 9.10. The number of aromatic nitrogens is 2. The fourth-order valence-electron chi connectivity index (χ4n) is 1.30. The van der Waals surface area contributed by atoms with Gasteiger partial charge in [0.2, 0.25) is 0 Å². The van der Waals surface area contributed by atoms with Crippen LogP contribution in [0.1, 0.15) is 16.1 Å². The number of nitrogen functional groups attached to an aromatic ring is 1. The number of halogens is 1. The van der Waals surface area contributed by atoms with Crippen molar-refractivity contribution in [2.24, 2.45) is 5.84 Å². The van der Waals surface area contributed by atoms with E-state index in [9.17, 15) is 4.79 Å². The van der Waals surface area contributed by atoms with Crippen molar-refractivity contribution in [2.75, 3.05) is 10.7 Å². The Morgan fingerprint density at radius 2 is 2.33 bits per heavy atom. The van der Waals surface area contributed by atoms with Crippen molar-refractivity contribution in [3.63, 3.8) is 0 Å².